The summed E-state index contributed by atoms with van der Waals surface area (Å²) >= 11 is 5.98. The van der Waals surface area contributed by atoms with E-state index in [9.17, 15) is 4.79 Å². The van der Waals surface area contributed by atoms with Crippen molar-refractivity contribution < 1.29 is 14.3 Å². The van der Waals surface area contributed by atoms with Gasteiger partial charge in [0.15, 0.2) is 0 Å². The first kappa shape index (κ1) is 14.0. The van der Waals surface area contributed by atoms with Gasteiger partial charge < -0.3 is 20.1 Å². The van der Waals surface area contributed by atoms with Gasteiger partial charge in [-0.05, 0) is 31.0 Å². The minimum absolute atomic E-state index is 0.130. The molecule has 1 saturated heterocycles. The molecule has 1 aliphatic rings. The van der Waals surface area contributed by atoms with E-state index in [1.54, 1.807) is 25.3 Å². The lowest BCUT2D eigenvalue weighted by molar-refractivity contribution is 0.112. The van der Waals surface area contributed by atoms with E-state index in [2.05, 4.69) is 10.6 Å². The molecule has 1 unspecified atom stereocenters. The molecule has 19 heavy (non-hydrogen) atoms. The van der Waals surface area contributed by atoms with Crippen LogP contribution in [0.5, 0.6) is 5.75 Å². The lowest BCUT2D eigenvalue weighted by Gasteiger charge is -2.12. The highest BCUT2D eigenvalue weighted by Crippen LogP contribution is 2.27. The predicted molar refractivity (Wildman–Crippen MR) is 74.0 cm³/mol. The van der Waals surface area contributed by atoms with Gasteiger partial charge >= 0.3 is 6.03 Å². The van der Waals surface area contributed by atoms with E-state index in [4.69, 9.17) is 21.1 Å². The molecule has 1 aromatic carbocycles. The third-order valence-electron chi connectivity index (χ3n) is 2.92. The van der Waals surface area contributed by atoms with Crippen molar-refractivity contribution in [1.82, 2.24) is 5.32 Å². The number of ether oxygens (including phenoxy) is 2. The summed E-state index contributed by atoms with van der Waals surface area (Å²) < 4.78 is 10.5. The maximum absolute atomic E-state index is 11.7. The van der Waals surface area contributed by atoms with Crippen molar-refractivity contribution in [2.24, 2.45) is 0 Å². The number of methoxy groups -OCH3 is 1. The monoisotopic (exact) mass is 284 g/mol. The second-order valence-electron chi connectivity index (χ2n) is 4.32. The Kier molecular flexibility index (Phi) is 4.87. The number of hydrogen-bond donors (Lipinski definition) is 2. The second-order valence-corrected chi connectivity index (χ2v) is 4.73. The zero-order chi connectivity index (χ0) is 13.7. The SMILES string of the molecule is COc1ccc(NC(=O)NCC2CCCO2)cc1Cl. The number of urea groups is 1. The quantitative estimate of drug-likeness (QED) is 0.893. The molecule has 2 amide bonds. The molecule has 0 saturated carbocycles. The first-order chi connectivity index (χ1) is 9.19. The lowest BCUT2D eigenvalue weighted by atomic mass is 10.2. The van der Waals surface area contributed by atoms with Crippen molar-refractivity contribution in [2.45, 2.75) is 18.9 Å². The van der Waals surface area contributed by atoms with E-state index in [-0.39, 0.29) is 12.1 Å². The zero-order valence-corrected chi connectivity index (χ0v) is 11.5. The molecule has 0 aliphatic carbocycles. The lowest BCUT2D eigenvalue weighted by Crippen LogP contribution is -2.35. The fourth-order valence-corrected chi connectivity index (χ4v) is 2.19. The normalized spacial score (nSPS) is 18.1. The Balaban J connectivity index is 1.82. The van der Waals surface area contributed by atoms with Crippen LogP contribution in [0, 0.1) is 0 Å². The summed E-state index contributed by atoms with van der Waals surface area (Å²) in [6, 6.07) is 4.82. The molecule has 104 valence electrons. The van der Waals surface area contributed by atoms with Gasteiger partial charge in [-0.15, -0.1) is 0 Å². The first-order valence-electron chi connectivity index (χ1n) is 6.19. The standard InChI is InChI=1S/C13H17ClN2O3/c1-18-12-5-4-9(7-11(12)14)16-13(17)15-8-10-3-2-6-19-10/h4-5,7,10H,2-3,6,8H2,1H3,(H2,15,16,17). The molecular weight excluding hydrogens is 268 g/mol. The van der Waals surface area contributed by atoms with Gasteiger partial charge in [0.2, 0.25) is 0 Å². The van der Waals surface area contributed by atoms with Crippen molar-refractivity contribution in [3.05, 3.63) is 23.2 Å². The van der Waals surface area contributed by atoms with Crippen molar-refractivity contribution >= 4 is 23.3 Å². The van der Waals surface area contributed by atoms with E-state index in [0.717, 1.165) is 19.4 Å². The Labute approximate surface area is 117 Å². The Morgan fingerprint density at radius 1 is 1.58 bits per heavy atom. The summed E-state index contributed by atoms with van der Waals surface area (Å²) in [6.45, 7) is 1.30. The molecule has 1 fully saturated rings. The Hall–Kier alpha value is -1.46. The number of anilines is 1. The highest BCUT2D eigenvalue weighted by Gasteiger charge is 2.16. The fraction of sp³-hybridized carbons (Fsp3) is 0.462. The average Bonchev–Trinajstić information content (AvgIpc) is 2.90. The van der Waals surface area contributed by atoms with Gasteiger partial charge in [0.1, 0.15) is 5.75 Å². The van der Waals surface area contributed by atoms with Crippen LogP contribution in [0.25, 0.3) is 0 Å². The molecule has 0 spiro atoms. The topological polar surface area (TPSA) is 59.6 Å². The molecule has 0 radical (unpaired) electrons. The largest absolute Gasteiger partial charge is 0.495 e. The number of benzene rings is 1. The van der Waals surface area contributed by atoms with E-state index >= 15 is 0 Å². The third kappa shape index (κ3) is 4.01. The van der Waals surface area contributed by atoms with Crippen LogP contribution >= 0.6 is 11.6 Å². The van der Waals surface area contributed by atoms with Gasteiger partial charge in [-0.1, -0.05) is 11.6 Å². The smallest absolute Gasteiger partial charge is 0.319 e. The number of carbonyl (C=O) groups is 1. The molecule has 0 aromatic heterocycles. The van der Waals surface area contributed by atoms with E-state index < -0.39 is 0 Å². The molecule has 1 aromatic rings. The average molecular weight is 285 g/mol. The Morgan fingerprint density at radius 3 is 3.05 bits per heavy atom. The van der Waals surface area contributed by atoms with Crippen LogP contribution < -0.4 is 15.4 Å². The Bertz CT molecular complexity index is 448. The number of carbonyl (C=O) groups excluding carboxylic acids is 1. The van der Waals surface area contributed by atoms with E-state index in [0.29, 0.717) is 23.0 Å². The number of nitrogens with one attached hydrogen (secondary N) is 2. The summed E-state index contributed by atoms with van der Waals surface area (Å²) in [5.74, 6) is 0.576. The molecule has 2 N–H and O–H groups in total. The van der Waals surface area contributed by atoms with Gasteiger partial charge in [0.25, 0.3) is 0 Å². The van der Waals surface area contributed by atoms with Crippen molar-refractivity contribution in [1.29, 1.82) is 0 Å². The van der Waals surface area contributed by atoms with E-state index in [1.807, 2.05) is 0 Å². The molecule has 6 heteroatoms. The number of halogens is 1. The summed E-state index contributed by atoms with van der Waals surface area (Å²) in [4.78, 5) is 11.7. The highest BCUT2D eigenvalue weighted by molar-refractivity contribution is 6.32. The van der Waals surface area contributed by atoms with E-state index in [1.165, 1.54) is 0 Å². The predicted octanol–water partition coefficient (Wildman–Crippen LogP) is 2.65. The zero-order valence-electron chi connectivity index (χ0n) is 10.7. The molecule has 1 atom stereocenters. The summed E-state index contributed by atoms with van der Waals surface area (Å²) in [5, 5.41) is 5.94. The molecule has 1 aliphatic heterocycles. The van der Waals surface area contributed by atoms with Crippen LogP contribution in [0.1, 0.15) is 12.8 Å². The number of amides is 2. The van der Waals surface area contributed by atoms with Crippen LogP contribution in [0.4, 0.5) is 10.5 Å². The third-order valence-corrected chi connectivity index (χ3v) is 3.22. The van der Waals surface area contributed by atoms with Gasteiger partial charge in [0, 0.05) is 18.8 Å². The van der Waals surface area contributed by atoms with Crippen LogP contribution in [-0.4, -0.2) is 32.4 Å². The van der Waals surface area contributed by atoms with Crippen molar-refractivity contribution in [3.63, 3.8) is 0 Å². The van der Waals surface area contributed by atoms with Crippen LogP contribution in [0.15, 0.2) is 18.2 Å². The van der Waals surface area contributed by atoms with Crippen molar-refractivity contribution in [2.75, 3.05) is 25.6 Å². The molecule has 0 bridgehead atoms. The van der Waals surface area contributed by atoms with Gasteiger partial charge in [-0.2, -0.15) is 0 Å². The highest BCUT2D eigenvalue weighted by atomic mass is 35.5. The molecule has 5 nitrogen and oxygen atoms in total. The maximum atomic E-state index is 11.7. The minimum atomic E-state index is -0.267. The van der Waals surface area contributed by atoms with Crippen LogP contribution in [0.2, 0.25) is 5.02 Å². The van der Waals surface area contributed by atoms with Gasteiger partial charge in [-0.3, -0.25) is 0 Å². The van der Waals surface area contributed by atoms with Gasteiger partial charge in [-0.25, -0.2) is 4.79 Å². The maximum Gasteiger partial charge on any atom is 0.319 e. The fourth-order valence-electron chi connectivity index (χ4n) is 1.93. The number of rotatable bonds is 4. The summed E-state index contributed by atoms with van der Waals surface area (Å²) in [6.07, 6.45) is 2.18. The first-order valence-corrected chi connectivity index (χ1v) is 6.57. The second kappa shape index (κ2) is 6.63. The molecule has 2 rings (SSSR count). The molecular formula is C13H17ClN2O3. The summed E-state index contributed by atoms with van der Waals surface area (Å²) in [5.41, 5.74) is 0.621. The molecule has 1 heterocycles. The Morgan fingerprint density at radius 2 is 2.42 bits per heavy atom. The van der Waals surface area contributed by atoms with Gasteiger partial charge in [0.05, 0.1) is 18.2 Å². The number of hydrogen-bond acceptors (Lipinski definition) is 3. The minimum Gasteiger partial charge on any atom is -0.495 e. The van der Waals surface area contributed by atoms with Crippen molar-refractivity contribution in [3.8, 4) is 5.75 Å². The van der Waals surface area contributed by atoms with Crippen LogP contribution in [-0.2, 0) is 4.74 Å². The summed E-state index contributed by atoms with van der Waals surface area (Å²) in [7, 11) is 1.54. The van der Waals surface area contributed by atoms with Crippen LogP contribution in [0.3, 0.4) is 0 Å².